The van der Waals surface area contributed by atoms with Crippen LogP contribution in [0, 0.1) is 5.92 Å². The van der Waals surface area contributed by atoms with E-state index in [-0.39, 0.29) is 29.2 Å². The number of amides is 1. The minimum absolute atomic E-state index is 0.0367. The number of ketones is 1. The van der Waals surface area contributed by atoms with Crippen LogP contribution in [0.25, 0.3) is 0 Å². The lowest BCUT2D eigenvalue weighted by Crippen LogP contribution is -2.61. The summed E-state index contributed by atoms with van der Waals surface area (Å²) < 4.78 is 0. The van der Waals surface area contributed by atoms with Crippen LogP contribution < -0.4 is 5.73 Å². The number of β-lactam (4-membered cyclic amide) rings is 1. The molecule has 1 aromatic rings. The van der Waals surface area contributed by atoms with E-state index in [9.17, 15) is 19.5 Å². The molecule has 0 saturated carbocycles. The molecule has 6 nitrogen and oxygen atoms in total. The molecule has 1 fully saturated rings. The van der Waals surface area contributed by atoms with Gasteiger partial charge in [0.25, 0.3) is 0 Å². The van der Waals surface area contributed by atoms with Crippen molar-refractivity contribution < 1.29 is 19.5 Å². The summed E-state index contributed by atoms with van der Waals surface area (Å²) in [6.07, 6.45) is 0.0367. The normalized spacial score (nSPS) is 24.2. The molecule has 2 heterocycles. The fraction of sp³-hybridized carbons (Fsp3) is 0.353. The van der Waals surface area contributed by atoms with Crippen LogP contribution in [-0.2, 0) is 14.4 Å². The first kappa shape index (κ1) is 16.7. The number of aliphatic carboxylic acids is 1. The van der Waals surface area contributed by atoms with Crippen molar-refractivity contribution in [2.45, 2.75) is 24.8 Å². The van der Waals surface area contributed by atoms with Gasteiger partial charge >= 0.3 is 5.97 Å². The lowest BCUT2D eigenvalue weighted by molar-refractivity contribution is -0.154. The highest BCUT2D eigenvalue weighted by atomic mass is 32.2. The fourth-order valence-corrected chi connectivity index (χ4v) is 4.46. The van der Waals surface area contributed by atoms with Crippen molar-refractivity contribution in [2.75, 3.05) is 5.75 Å². The molecule has 0 radical (unpaired) electrons. The van der Waals surface area contributed by atoms with Gasteiger partial charge in [0.05, 0.1) is 17.3 Å². The maximum atomic E-state index is 12.4. The molecule has 126 valence electrons. The summed E-state index contributed by atoms with van der Waals surface area (Å²) in [5, 5.41) is 9.01. The molecule has 1 saturated heterocycles. The van der Waals surface area contributed by atoms with Crippen LogP contribution in [0.4, 0.5) is 0 Å². The molecule has 1 amide bonds. The maximum Gasteiger partial charge on any atom is 0.352 e. The number of hydrogen-bond donors (Lipinski definition) is 2. The van der Waals surface area contributed by atoms with Crippen molar-refractivity contribution in [1.82, 2.24) is 4.90 Å². The summed E-state index contributed by atoms with van der Waals surface area (Å²) in [5.74, 6) is -1.57. The Bertz CT molecular complexity index is 731. The fourth-order valence-electron chi connectivity index (χ4n) is 3.10. The lowest BCUT2D eigenvalue weighted by atomic mass is 9.87. The minimum atomic E-state index is -1.10. The van der Waals surface area contributed by atoms with Gasteiger partial charge in [-0.1, -0.05) is 30.3 Å². The quantitative estimate of drug-likeness (QED) is 0.784. The smallest absolute Gasteiger partial charge is 0.352 e. The number of carbonyl (C=O) groups excluding carboxylic acids is 2. The van der Waals surface area contributed by atoms with Gasteiger partial charge in [0.2, 0.25) is 5.91 Å². The molecule has 1 aromatic carbocycles. The van der Waals surface area contributed by atoms with Crippen molar-refractivity contribution in [3.63, 3.8) is 0 Å². The molecule has 0 aromatic heterocycles. The van der Waals surface area contributed by atoms with E-state index < -0.39 is 17.9 Å². The monoisotopic (exact) mass is 346 g/mol. The Labute approximate surface area is 143 Å². The average molecular weight is 346 g/mol. The third-order valence-corrected chi connectivity index (χ3v) is 5.88. The van der Waals surface area contributed by atoms with Crippen LogP contribution >= 0.6 is 11.8 Å². The van der Waals surface area contributed by atoms with Gasteiger partial charge in [0, 0.05) is 12.2 Å². The van der Waals surface area contributed by atoms with Crippen molar-refractivity contribution in [2.24, 2.45) is 11.7 Å². The predicted molar refractivity (Wildman–Crippen MR) is 89.9 cm³/mol. The standard InChI is InChI=1S/C17H18N2O4S/c1-9-8-24-16-11(15(21)19(16)14(9)17(22)23)7-12(20)13(18)10-5-3-2-4-6-10/h2-6,11,13,16H,7-8,18H2,1H3,(H,22,23)/t11-,13-,16?/m1/s1. The number of carboxylic acid groups (broad SMARTS) is 1. The molecule has 1 unspecified atom stereocenters. The summed E-state index contributed by atoms with van der Waals surface area (Å²) >= 11 is 1.49. The van der Waals surface area contributed by atoms with Crippen molar-refractivity contribution in [3.8, 4) is 0 Å². The van der Waals surface area contributed by atoms with Crippen LogP contribution in [0.1, 0.15) is 24.9 Å². The molecule has 3 rings (SSSR count). The van der Waals surface area contributed by atoms with Crippen LogP contribution in [0.5, 0.6) is 0 Å². The SMILES string of the molecule is CC1=C(C(=O)O)N2C(=O)[C@@H](CC(=O)[C@H](N)c3ccccc3)C2SC1. The van der Waals surface area contributed by atoms with Gasteiger partial charge < -0.3 is 10.8 Å². The zero-order valence-corrected chi connectivity index (χ0v) is 14.0. The van der Waals surface area contributed by atoms with Crippen LogP contribution in [-0.4, -0.2) is 38.8 Å². The van der Waals surface area contributed by atoms with Crippen LogP contribution in [0.2, 0.25) is 0 Å². The molecule has 3 atom stereocenters. The Kier molecular flexibility index (Phi) is 4.47. The number of fused-ring (bicyclic) bond motifs is 1. The number of carboxylic acids is 1. The van der Waals surface area contributed by atoms with Crippen LogP contribution in [0.15, 0.2) is 41.6 Å². The molecular formula is C17H18N2O4S. The van der Waals surface area contributed by atoms with Crippen molar-refractivity contribution in [1.29, 1.82) is 0 Å². The molecule has 7 heteroatoms. The molecular weight excluding hydrogens is 328 g/mol. The Morgan fingerprint density at radius 1 is 1.38 bits per heavy atom. The number of benzene rings is 1. The number of nitrogens with zero attached hydrogens (tertiary/aromatic N) is 1. The van der Waals surface area contributed by atoms with E-state index in [2.05, 4.69) is 0 Å². The third kappa shape index (κ3) is 2.74. The van der Waals surface area contributed by atoms with Crippen molar-refractivity contribution in [3.05, 3.63) is 47.2 Å². The molecule has 2 aliphatic heterocycles. The second kappa shape index (κ2) is 6.41. The molecule has 0 bridgehead atoms. The first-order valence-corrected chi connectivity index (χ1v) is 8.67. The number of nitrogens with two attached hydrogens (primary N) is 1. The number of carbonyl (C=O) groups is 3. The predicted octanol–water partition coefficient (Wildman–Crippen LogP) is 1.54. The Hall–Kier alpha value is -2.12. The number of Topliss-reactive ketones (excluding diaryl/α,β-unsaturated/α-hetero) is 1. The first-order valence-electron chi connectivity index (χ1n) is 7.62. The minimum Gasteiger partial charge on any atom is -0.477 e. The highest BCUT2D eigenvalue weighted by Crippen LogP contribution is 2.45. The molecule has 2 aliphatic rings. The molecule has 0 spiro atoms. The molecule has 0 aliphatic carbocycles. The average Bonchev–Trinajstić information content (AvgIpc) is 2.59. The van der Waals surface area contributed by atoms with E-state index in [0.29, 0.717) is 16.9 Å². The summed E-state index contributed by atoms with van der Waals surface area (Å²) in [4.78, 5) is 37.5. The van der Waals surface area contributed by atoms with E-state index >= 15 is 0 Å². The second-order valence-corrected chi connectivity index (χ2v) is 7.11. The summed E-state index contributed by atoms with van der Waals surface area (Å²) in [7, 11) is 0. The van der Waals surface area contributed by atoms with Gasteiger partial charge in [-0.3, -0.25) is 14.5 Å². The largest absolute Gasteiger partial charge is 0.477 e. The number of hydrogen-bond acceptors (Lipinski definition) is 5. The molecule has 24 heavy (non-hydrogen) atoms. The zero-order valence-electron chi connectivity index (χ0n) is 13.1. The summed E-state index contributed by atoms with van der Waals surface area (Å²) in [6.45, 7) is 1.71. The van der Waals surface area contributed by atoms with Gasteiger partial charge in [-0.15, -0.1) is 11.8 Å². The third-order valence-electron chi connectivity index (χ3n) is 4.40. The Morgan fingerprint density at radius 2 is 2.04 bits per heavy atom. The highest BCUT2D eigenvalue weighted by molar-refractivity contribution is 8.00. The van der Waals surface area contributed by atoms with Crippen LogP contribution in [0.3, 0.4) is 0 Å². The first-order chi connectivity index (χ1) is 11.4. The van der Waals surface area contributed by atoms with E-state index in [1.54, 1.807) is 19.1 Å². The van der Waals surface area contributed by atoms with E-state index in [1.165, 1.54) is 16.7 Å². The lowest BCUT2D eigenvalue weighted by Gasteiger charge is -2.49. The van der Waals surface area contributed by atoms with Gasteiger partial charge in [0.15, 0.2) is 5.78 Å². The van der Waals surface area contributed by atoms with Gasteiger partial charge in [-0.2, -0.15) is 0 Å². The van der Waals surface area contributed by atoms with Gasteiger partial charge in [-0.25, -0.2) is 4.79 Å². The van der Waals surface area contributed by atoms with E-state index in [0.717, 1.165) is 0 Å². The van der Waals surface area contributed by atoms with Gasteiger partial charge in [-0.05, 0) is 18.1 Å². The highest BCUT2D eigenvalue weighted by Gasteiger charge is 2.53. The summed E-state index contributed by atoms with van der Waals surface area (Å²) in [5.41, 5.74) is 7.43. The van der Waals surface area contributed by atoms with E-state index in [4.69, 9.17) is 5.73 Å². The Morgan fingerprint density at radius 3 is 2.67 bits per heavy atom. The van der Waals surface area contributed by atoms with Gasteiger partial charge in [0.1, 0.15) is 5.70 Å². The Balaban J connectivity index is 1.71. The number of thioether (sulfide) groups is 1. The maximum absolute atomic E-state index is 12.4. The van der Waals surface area contributed by atoms with E-state index in [1.807, 2.05) is 18.2 Å². The number of rotatable bonds is 5. The van der Waals surface area contributed by atoms with Crippen molar-refractivity contribution >= 4 is 29.4 Å². The summed E-state index contributed by atoms with van der Waals surface area (Å²) in [6, 6.07) is 8.25. The molecule has 3 N–H and O–H groups in total. The topological polar surface area (TPSA) is 101 Å². The zero-order chi connectivity index (χ0) is 17.4. The second-order valence-electron chi connectivity index (χ2n) is 6.01.